The number of carboxylic acids is 1. The fraction of sp³-hybridized carbons (Fsp3) is 0.500. The Morgan fingerprint density at radius 1 is 1.27 bits per heavy atom. The van der Waals surface area contributed by atoms with Gasteiger partial charge in [-0.2, -0.15) is 0 Å². The Bertz CT molecular complexity index is 772. The van der Waals surface area contributed by atoms with Crippen LogP contribution >= 0.6 is 0 Å². The number of hydrogen-bond acceptors (Lipinski definition) is 3. The molecule has 1 aromatic rings. The Morgan fingerprint density at radius 2 is 2.04 bits per heavy atom. The molecule has 1 amide bonds. The first-order valence-electron chi connectivity index (χ1n) is 9.18. The zero-order chi connectivity index (χ0) is 18.3. The number of amides is 1. The van der Waals surface area contributed by atoms with Gasteiger partial charge in [0.15, 0.2) is 0 Å². The van der Waals surface area contributed by atoms with Gasteiger partial charge in [0.2, 0.25) is 5.91 Å². The summed E-state index contributed by atoms with van der Waals surface area (Å²) in [7, 11) is 0. The minimum Gasteiger partial charge on any atom is -0.481 e. The average molecular weight is 358 g/mol. The van der Waals surface area contributed by atoms with Crippen molar-refractivity contribution < 1.29 is 19.1 Å². The first kappa shape index (κ1) is 17.2. The minimum absolute atomic E-state index is 0.0969. The summed E-state index contributed by atoms with van der Waals surface area (Å²) in [5.41, 5.74) is 1.57. The Morgan fingerprint density at radius 3 is 2.65 bits per heavy atom. The summed E-state index contributed by atoms with van der Waals surface area (Å²) in [6.45, 7) is 1.59. The maximum absolute atomic E-state index is 13.9. The van der Waals surface area contributed by atoms with E-state index in [2.05, 4.69) is 5.32 Å². The Labute approximate surface area is 151 Å². The zero-order valence-corrected chi connectivity index (χ0v) is 14.6. The zero-order valence-electron chi connectivity index (χ0n) is 14.6. The van der Waals surface area contributed by atoms with Crippen LogP contribution in [0.5, 0.6) is 0 Å². The standard InChI is InChI=1S/C20H23FN2O3/c21-16-4-2-1-3-14(16)13-5-9-23(10-6-13)18(24)17-15(19(25)26)11-20(7-8-20)12-22-17/h1-5,15,17,22H,6-12H2,(H,25,26). The summed E-state index contributed by atoms with van der Waals surface area (Å²) in [6.07, 6.45) is 5.12. The van der Waals surface area contributed by atoms with Crippen LogP contribution in [0, 0.1) is 17.2 Å². The Hall–Kier alpha value is -2.21. The van der Waals surface area contributed by atoms with Crippen LogP contribution in [0.3, 0.4) is 0 Å². The van der Waals surface area contributed by atoms with Crippen LogP contribution in [0.15, 0.2) is 30.3 Å². The van der Waals surface area contributed by atoms with Crippen LogP contribution < -0.4 is 5.32 Å². The topological polar surface area (TPSA) is 69.6 Å². The first-order chi connectivity index (χ1) is 12.5. The summed E-state index contributed by atoms with van der Waals surface area (Å²) < 4.78 is 13.9. The third kappa shape index (κ3) is 3.14. The fourth-order valence-electron chi connectivity index (χ4n) is 4.20. The quantitative estimate of drug-likeness (QED) is 0.870. The van der Waals surface area contributed by atoms with Gasteiger partial charge in [-0.3, -0.25) is 9.59 Å². The van der Waals surface area contributed by atoms with Gasteiger partial charge >= 0.3 is 5.97 Å². The van der Waals surface area contributed by atoms with E-state index in [0.717, 1.165) is 25.0 Å². The number of nitrogens with one attached hydrogen (secondary N) is 1. The second kappa shape index (κ2) is 6.50. The second-order valence-electron chi connectivity index (χ2n) is 7.75. The number of benzene rings is 1. The molecule has 6 heteroatoms. The van der Waals surface area contributed by atoms with Crippen molar-refractivity contribution in [1.29, 1.82) is 0 Å². The molecule has 5 nitrogen and oxygen atoms in total. The molecule has 4 rings (SSSR count). The van der Waals surface area contributed by atoms with Crippen LogP contribution in [0.1, 0.15) is 31.2 Å². The molecule has 1 saturated heterocycles. The van der Waals surface area contributed by atoms with Crippen molar-refractivity contribution in [3.63, 3.8) is 0 Å². The molecular weight excluding hydrogens is 335 g/mol. The van der Waals surface area contributed by atoms with Crippen molar-refractivity contribution >= 4 is 17.4 Å². The van der Waals surface area contributed by atoms with E-state index in [-0.39, 0.29) is 17.1 Å². The lowest BCUT2D eigenvalue weighted by Gasteiger charge is -2.38. The molecule has 0 radical (unpaired) electrons. The van der Waals surface area contributed by atoms with Crippen LogP contribution in [0.4, 0.5) is 4.39 Å². The molecule has 2 fully saturated rings. The normalized spacial score (nSPS) is 27.1. The molecule has 2 heterocycles. The Balaban J connectivity index is 1.46. The molecule has 26 heavy (non-hydrogen) atoms. The lowest BCUT2D eigenvalue weighted by molar-refractivity contribution is -0.150. The lowest BCUT2D eigenvalue weighted by atomic mass is 9.81. The van der Waals surface area contributed by atoms with E-state index in [9.17, 15) is 19.1 Å². The summed E-state index contributed by atoms with van der Waals surface area (Å²) in [5.74, 6) is -1.98. The van der Waals surface area contributed by atoms with Crippen molar-refractivity contribution in [2.24, 2.45) is 11.3 Å². The van der Waals surface area contributed by atoms with Gasteiger partial charge in [-0.15, -0.1) is 0 Å². The number of aliphatic carboxylic acids is 1. The highest BCUT2D eigenvalue weighted by atomic mass is 19.1. The number of carbonyl (C=O) groups is 2. The predicted octanol–water partition coefficient (Wildman–Crippen LogP) is 2.28. The number of carbonyl (C=O) groups excluding carboxylic acids is 1. The molecule has 1 aromatic carbocycles. The molecule has 2 aliphatic heterocycles. The van der Waals surface area contributed by atoms with E-state index in [1.165, 1.54) is 6.07 Å². The smallest absolute Gasteiger partial charge is 0.308 e. The van der Waals surface area contributed by atoms with Crippen LogP contribution in [0.25, 0.3) is 5.57 Å². The van der Waals surface area contributed by atoms with Gasteiger partial charge in [-0.05, 0) is 42.7 Å². The third-order valence-corrected chi connectivity index (χ3v) is 6.03. The number of nitrogens with zero attached hydrogens (tertiary/aromatic N) is 1. The second-order valence-corrected chi connectivity index (χ2v) is 7.75. The minimum atomic E-state index is -0.901. The van der Waals surface area contributed by atoms with Gasteiger partial charge in [0.1, 0.15) is 11.9 Å². The number of carboxylic acid groups (broad SMARTS) is 1. The molecular formula is C20H23FN2O3. The molecule has 1 aliphatic carbocycles. The van der Waals surface area contributed by atoms with Crippen molar-refractivity contribution in [3.05, 3.63) is 41.7 Å². The van der Waals surface area contributed by atoms with E-state index < -0.39 is 17.9 Å². The van der Waals surface area contributed by atoms with Gasteiger partial charge in [-0.25, -0.2) is 4.39 Å². The van der Waals surface area contributed by atoms with Gasteiger partial charge < -0.3 is 15.3 Å². The number of halogens is 1. The van der Waals surface area contributed by atoms with Gasteiger partial charge in [-0.1, -0.05) is 24.3 Å². The van der Waals surface area contributed by atoms with Crippen LogP contribution in [-0.2, 0) is 9.59 Å². The molecule has 2 atom stereocenters. The van der Waals surface area contributed by atoms with Crippen molar-refractivity contribution in [2.45, 2.75) is 31.7 Å². The predicted molar refractivity (Wildman–Crippen MR) is 94.8 cm³/mol. The van der Waals surface area contributed by atoms with Crippen molar-refractivity contribution in [1.82, 2.24) is 10.2 Å². The molecule has 2 unspecified atom stereocenters. The summed E-state index contributed by atoms with van der Waals surface area (Å²) in [6, 6.07) is 5.98. The largest absolute Gasteiger partial charge is 0.481 e. The Kier molecular flexibility index (Phi) is 4.31. The van der Waals surface area contributed by atoms with Gasteiger partial charge in [0.25, 0.3) is 0 Å². The SMILES string of the molecule is O=C(O)C1CC2(CC2)CNC1C(=O)N1CC=C(c2ccccc2F)CC1. The van der Waals surface area contributed by atoms with Crippen LogP contribution in [0.2, 0.25) is 0 Å². The average Bonchev–Trinajstić information content (AvgIpc) is 3.40. The molecule has 1 saturated carbocycles. The third-order valence-electron chi connectivity index (χ3n) is 6.03. The summed E-state index contributed by atoms with van der Waals surface area (Å²) in [5, 5.41) is 12.8. The van der Waals surface area contributed by atoms with Gasteiger partial charge in [0, 0.05) is 25.2 Å². The van der Waals surface area contributed by atoms with E-state index >= 15 is 0 Å². The monoisotopic (exact) mass is 358 g/mol. The first-order valence-corrected chi connectivity index (χ1v) is 9.18. The number of rotatable bonds is 3. The fourth-order valence-corrected chi connectivity index (χ4v) is 4.20. The van der Waals surface area contributed by atoms with Crippen molar-refractivity contribution in [2.75, 3.05) is 19.6 Å². The van der Waals surface area contributed by atoms with E-state index in [4.69, 9.17) is 0 Å². The lowest BCUT2D eigenvalue weighted by Crippen LogP contribution is -2.57. The maximum atomic E-state index is 13.9. The van der Waals surface area contributed by atoms with E-state index in [1.54, 1.807) is 23.1 Å². The van der Waals surface area contributed by atoms with E-state index in [0.29, 0.717) is 31.5 Å². The van der Waals surface area contributed by atoms with E-state index in [1.807, 2.05) is 6.08 Å². The molecule has 138 valence electrons. The molecule has 0 aromatic heterocycles. The number of hydrogen-bond donors (Lipinski definition) is 2. The highest BCUT2D eigenvalue weighted by molar-refractivity contribution is 5.88. The number of piperidine rings is 1. The van der Waals surface area contributed by atoms with Gasteiger partial charge in [0.05, 0.1) is 5.92 Å². The summed E-state index contributed by atoms with van der Waals surface area (Å²) in [4.78, 5) is 26.3. The highest BCUT2D eigenvalue weighted by Gasteiger charge is 2.52. The maximum Gasteiger partial charge on any atom is 0.308 e. The van der Waals surface area contributed by atoms with Crippen LogP contribution in [-0.4, -0.2) is 47.6 Å². The highest BCUT2D eigenvalue weighted by Crippen LogP contribution is 2.52. The molecule has 3 aliphatic rings. The molecule has 0 bridgehead atoms. The molecule has 2 N–H and O–H groups in total. The van der Waals surface area contributed by atoms with Crippen molar-refractivity contribution in [3.8, 4) is 0 Å². The molecule has 1 spiro atoms. The summed E-state index contributed by atoms with van der Waals surface area (Å²) >= 11 is 0.